The number of hydrogen-bond donors (Lipinski definition) is 1. The summed E-state index contributed by atoms with van der Waals surface area (Å²) in [5.74, 6) is -0.877. The Morgan fingerprint density at radius 1 is 0.964 bits per heavy atom. The Balaban J connectivity index is 1.71. The zero-order chi connectivity index (χ0) is 20.5. The summed E-state index contributed by atoms with van der Waals surface area (Å²) in [6.07, 6.45) is 0. The van der Waals surface area contributed by atoms with Crippen LogP contribution in [-0.4, -0.2) is 38.2 Å². The third-order valence-electron chi connectivity index (χ3n) is 4.13. The van der Waals surface area contributed by atoms with Crippen LogP contribution in [0, 0.1) is 13.8 Å². The fraction of sp³-hybridized carbons (Fsp3) is 0.286. The fourth-order valence-corrected chi connectivity index (χ4v) is 2.33. The van der Waals surface area contributed by atoms with E-state index < -0.39 is 24.5 Å². The van der Waals surface area contributed by atoms with E-state index in [1.165, 1.54) is 7.11 Å². The molecule has 7 nitrogen and oxygen atoms in total. The molecule has 0 saturated carbocycles. The molecule has 0 aromatic heterocycles. The number of benzene rings is 2. The molecule has 0 bridgehead atoms. The van der Waals surface area contributed by atoms with E-state index >= 15 is 0 Å². The molecular formula is C21H23NO6. The number of rotatable bonds is 8. The largest absolute Gasteiger partial charge is 0.482 e. The summed E-state index contributed by atoms with van der Waals surface area (Å²) in [7, 11) is 1.31. The Labute approximate surface area is 163 Å². The monoisotopic (exact) mass is 385 g/mol. The average molecular weight is 385 g/mol. The highest BCUT2D eigenvalue weighted by Gasteiger charge is 2.10. The van der Waals surface area contributed by atoms with Crippen molar-refractivity contribution >= 4 is 17.8 Å². The Morgan fingerprint density at radius 3 is 2.36 bits per heavy atom. The minimum atomic E-state index is -0.626. The summed E-state index contributed by atoms with van der Waals surface area (Å²) in [6, 6.07) is 12.2. The second kappa shape index (κ2) is 10.1. The Kier molecular flexibility index (Phi) is 7.56. The van der Waals surface area contributed by atoms with Gasteiger partial charge in [0.05, 0.1) is 12.7 Å². The van der Waals surface area contributed by atoms with E-state index in [-0.39, 0.29) is 13.2 Å². The molecule has 1 amide bonds. The molecule has 0 atom stereocenters. The van der Waals surface area contributed by atoms with Gasteiger partial charge >= 0.3 is 11.9 Å². The van der Waals surface area contributed by atoms with Crippen molar-refractivity contribution in [2.24, 2.45) is 0 Å². The van der Waals surface area contributed by atoms with Crippen LogP contribution in [0.4, 0.5) is 0 Å². The summed E-state index contributed by atoms with van der Waals surface area (Å²) in [5, 5.41) is 2.63. The van der Waals surface area contributed by atoms with Crippen LogP contribution in [0.2, 0.25) is 0 Å². The van der Waals surface area contributed by atoms with Crippen molar-refractivity contribution in [2.45, 2.75) is 20.4 Å². The van der Waals surface area contributed by atoms with E-state index in [1.807, 2.05) is 26.0 Å². The van der Waals surface area contributed by atoms with Crippen LogP contribution in [0.1, 0.15) is 27.0 Å². The van der Waals surface area contributed by atoms with E-state index in [0.717, 1.165) is 16.7 Å². The van der Waals surface area contributed by atoms with E-state index in [9.17, 15) is 14.4 Å². The van der Waals surface area contributed by atoms with Crippen LogP contribution in [0.5, 0.6) is 5.75 Å². The number of aryl methyl sites for hydroxylation is 1. The van der Waals surface area contributed by atoms with Crippen LogP contribution >= 0.6 is 0 Å². The predicted octanol–water partition coefficient (Wildman–Crippen LogP) is 2.33. The highest BCUT2D eigenvalue weighted by atomic mass is 16.6. The van der Waals surface area contributed by atoms with Crippen molar-refractivity contribution < 1.29 is 28.6 Å². The molecule has 0 spiro atoms. The first-order chi connectivity index (χ1) is 13.4. The number of methoxy groups -OCH3 is 1. The van der Waals surface area contributed by atoms with Crippen molar-refractivity contribution in [3.05, 3.63) is 64.7 Å². The Bertz CT molecular complexity index is 844. The van der Waals surface area contributed by atoms with Gasteiger partial charge in [-0.25, -0.2) is 9.59 Å². The zero-order valence-corrected chi connectivity index (χ0v) is 16.1. The maximum atomic E-state index is 11.8. The van der Waals surface area contributed by atoms with E-state index in [1.54, 1.807) is 30.3 Å². The van der Waals surface area contributed by atoms with Crippen molar-refractivity contribution in [1.29, 1.82) is 0 Å². The molecule has 1 N–H and O–H groups in total. The lowest BCUT2D eigenvalue weighted by atomic mass is 10.1. The lowest BCUT2D eigenvalue weighted by Crippen LogP contribution is -2.29. The minimum absolute atomic E-state index is 0.247. The summed E-state index contributed by atoms with van der Waals surface area (Å²) in [4.78, 5) is 34.9. The van der Waals surface area contributed by atoms with Crippen LogP contribution in [-0.2, 0) is 25.6 Å². The molecule has 7 heteroatoms. The number of amides is 1. The van der Waals surface area contributed by atoms with Crippen molar-refractivity contribution in [2.75, 3.05) is 20.3 Å². The molecule has 2 rings (SSSR count). The first-order valence-electron chi connectivity index (χ1n) is 8.69. The summed E-state index contributed by atoms with van der Waals surface area (Å²) in [6.45, 7) is 3.44. The number of carbonyl (C=O) groups is 3. The van der Waals surface area contributed by atoms with Crippen LogP contribution in [0.3, 0.4) is 0 Å². The van der Waals surface area contributed by atoms with Gasteiger partial charge in [0.15, 0.2) is 13.2 Å². The number of hydrogen-bond acceptors (Lipinski definition) is 6. The molecule has 2 aromatic carbocycles. The molecule has 0 fully saturated rings. The normalized spacial score (nSPS) is 10.1. The van der Waals surface area contributed by atoms with Crippen LogP contribution < -0.4 is 10.1 Å². The first kappa shape index (κ1) is 21.0. The van der Waals surface area contributed by atoms with E-state index in [2.05, 4.69) is 10.1 Å². The lowest BCUT2D eigenvalue weighted by Gasteiger charge is -2.11. The highest BCUT2D eigenvalue weighted by molar-refractivity contribution is 5.89. The minimum Gasteiger partial charge on any atom is -0.482 e. The number of esters is 2. The SMILES string of the molecule is COC(=O)c1ccc(CNC(=O)COC(=O)COc2cccc(C)c2C)cc1. The smallest absolute Gasteiger partial charge is 0.344 e. The van der Waals surface area contributed by atoms with E-state index in [4.69, 9.17) is 9.47 Å². The van der Waals surface area contributed by atoms with Gasteiger partial charge in [-0.1, -0.05) is 24.3 Å². The highest BCUT2D eigenvalue weighted by Crippen LogP contribution is 2.20. The van der Waals surface area contributed by atoms with Gasteiger partial charge in [0.2, 0.25) is 0 Å². The molecule has 28 heavy (non-hydrogen) atoms. The number of nitrogens with one attached hydrogen (secondary N) is 1. The van der Waals surface area contributed by atoms with Gasteiger partial charge in [-0.2, -0.15) is 0 Å². The molecule has 0 aliphatic heterocycles. The van der Waals surface area contributed by atoms with Crippen molar-refractivity contribution in [3.8, 4) is 5.75 Å². The Morgan fingerprint density at radius 2 is 1.68 bits per heavy atom. The summed E-state index contributed by atoms with van der Waals surface area (Å²) < 4.78 is 15.0. The van der Waals surface area contributed by atoms with Crippen molar-refractivity contribution in [3.63, 3.8) is 0 Å². The van der Waals surface area contributed by atoms with Gasteiger partial charge in [0, 0.05) is 6.54 Å². The molecule has 0 aliphatic rings. The lowest BCUT2D eigenvalue weighted by molar-refractivity contribution is -0.150. The second-order valence-electron chi connectivity index (χ2n) is 6.11. The van der Waals surface area contributed by atoms with E-state index in [0.29, 0.717) is 11.3 Å². The van der Waals surface area contributed by atoms with Gasteiger partial charge in [-0.3, -0.25) is 4.79 Å². The van der Waals surface area contributed by atoms with Gasteiger partial charge in [0.1, 0.15) is 5.75 Å². The third kappa shape index (κ3) is 6.12. The summed E-state index contributed by atoms with van der Waals surface area (Å²) >= 11 is 0. The van der Waals surface area contributed by atoms with Gasteiger partial charge in [0.25, 0.3) is 5.91 Å². The zero-order valence-electron chi connectivity index (χ0n) is 16.1. The third-order valence-corrected chi connectivity index (χ3v) is 4.13. The number of ether oxygens (including phenoxy) is 3. The Hall–Kier alpha value is -3.35. The summed E-state index contributed by atoms with van der Waals surface area (Å²) in [5.41, 5.74) is 3.23. The molecule has 0 aliphatic carbocycles. The molecule has 0 unspecified atom stereocenters. The molecule has 0 radical (unpaired) electrons. The topological polar surface area (TPSA) is 90.9 Å². The van der Waals surface area contributed by atoms with Gasteiger partial charge in [-0.15, -0.1) is 0 Å². The standard InChI is InChI=1S/C21H23NO6/c1-14-5-4-6-18(15(14)2)27-13-20(24)28-12-19(23)22-11-16-7-9-17(10-8-16)21(25)26-3/h4-10H,11-13H2,1-3H3,(H,22,23). The number of carbonyl (C=O) groups excluding carboxylic acids is 3. The van der Waals surface area contributed by atoms with Gasteiger partial charge < -0.3 is 19.5 Å². The molecule has 148 valence electrons. The van der Waals surface area contributed by atoms with Crippen molar-refractivity contribution in [1.82, 2.24) is 5.32 Å². The first-order valence-corrected chi connectivity index (χ1v) is 8.69. The quantitative estimate of drug-likeness (QED) is 0.702. The molecule has 0 heterocycles. The molecule has 2 aromatic rings. The maximum Gasteiger partial charge on any atom is 0.344 e. The molecule has 0 saturated heterocycles. The van der Waals surface area contributed by atoms with Crippen LogP contribution in [0.15, 0.2) is 42.5 Å². The predicted molar refractivity (Wildman–Crippen MR) is 102 cm³/mol. The van der Waals surface area contributed by atoms with Crippen LogP contribution in [0.25, 0.3) is 0 Å². The second-order valence-corrected chi connectivity index (χ2v) is 6.11. The molecular weight excluding hydrogens is 362 g/mol. The van der Waals surface area contributed by atoms with Gasteiger partial charge in [-0.05, 0) is 48.7 Å². The average Bonchev–Trinajstić information content (AvgIpc) is 2.71. The fourth-order valence-electron chi connectivity index (χ4n) is 2.33. The maximum absolute atomic E-state index is 11.8.